The summed E-state index contributed by atoms with van der Waals surface area (Å²) in [6.45, 7) is 19.3. The third-order valence-corrected chi connectivity index (χ3v) is 18.0. The maximum absolute atomic E-state index is 2.59. The molecule has 0 saturated heterocycles. The van der Waals surface area contributed by atoms with Crippen LogP contribution in [0.25, 0.3) is 65.3 Å². The molecule has 2 heterocycles. The van der Waals surface area contributed by atoms with Crippen LogP contribution in [0.15, 0.2) is 182 Å². The van der Waals surface area contributed by atoms with E-state index >= 15 is 0 Å². The van der Waals surface area contributed by atoms with Gasteiger partial charge in [0.05, 0.1) is 34.1 Å². The van der Waals surface area contributed by atoms with Crippen molar-refractivity contribution in [3.05, 3.63) is 226 Å². The van der Waals surface area contributed by atoms with Crippen molar-refractivity contribution in [2.45, 2.75) is 77.0 Å². The van der Waals surface area contributed by atoms with Crippen LogP contribution in [-0.4, -0.2) is 0 Å². The first kappa shape index (κ1) is 40.2. The van der Waals surface area contributed by atoms with E-state index in [0.717, 1.165) is 0 Å². The highest BCUT2D eigenvalue weighted by Gasteiger charge is 2.45. The van der Waals surface area contributed by atoms with Gasteiger partial charge in [0, 0.05) is 32.4 Å². The molecule has 0 spiro atoms. The van der Waals surface area contributed by atoms with Gasteiger partial charge < -0.3 is 9.80 Å². The molecule has 2 aliphatic heterocycles. The summed E-state index contributed by atoms with van der Waals surface area (Å²) >= 11 is 0. The van der Waals surface area contributed by atoms with E-state index in [1.165, 1.54) is 144 Å². The van der Waals surface area contributed by atoms with Crippen molar-refractivity contribution in [3.8, 4) is 22.3 Å². The van der Waals surface area contributed by atoms with Gasteiger partial charge in [-0.1, -0.05) is 201 Å². The van der Waals surface area contributed by atoms with Gasteiger partial charge in [-0.2, -0.15) is 0 Å². The largest absolute Gasteiger partial charge is 0.309 e. The van der Waals surface area contributed by atoms with Crippen LogP contribution in [0.3, 0.4) is 0 Å². The van der Waals surface area contributed by atoms with Crippen molar-refractivity contribution in [1.82, 2.24) is 0 Å². The molecule has 0 atom stereocenters. The number of para-hydroxylation sites is 2. The predicted molar refractivity (Wildman–Crippen MR) is 296 cm³/mol. The van der Waals surface area contributed by atoms with Crippen LogP contribution in [-0.2, 0) is 21.7 Å². The summed E-state index contributed by atoms with van der Waals surface area (Å²) in [5.74, 6) is 0. The van der Waals surface area contributed by atoms with E-state index in [1.807, 2.05) is 0 Å². The molecule has 336 valence electrons. The monoisotopic (exact) mass is 898 g/mol. The van der Waals surface area contributed by atoms with Crippen LogP contribution in [0, 0.1) is 0 Å². The summed E-state index contributed by atoms with van der Waals surface area (Å²) in [5.41, 5.74) is 23.3. The zero-order valence-electron chi connectivity index (χ0n) is 41.2. The van der Waals surface area contributed by atoms with E-state index in [0.29, 0.717) is 0 Å². The van der Waals surface area contributed by atoms with E-state index < -0.39 is 0 Å². The average Bonchev–Trinajstić information content (AvgIpc) is 3.74. The highest BCUT2D eigenvalue weighted by atomic mass is 15.2. The van der Waals surface area contributed by atoms with Gasteiger partial charge in [-0.15, -0.1) is 0 Å². The normalized spacial score (nSPS) is 17.0. The van der Waals surface area contributed by atoms with E-state index in [4.69, 9.17) is 0 Å². The Hall–Kier alpha value is -7.68. The fourth-order valence-corrected chi connectivity index (χ4v) is 14.4. The molecule has 0 radical (unpaired) electrons. The van der Waals surface area contributed by atoms with E-state index in [2.05, 4.69) is 247 Å². The molecule has 15 rings (SSSR count). The van der Waals surface area contributed by atoms with Crippen LogP contribution >= 0.6 is 0 Å². The molecule has 0 amide bonds. The zero-order chi connectivity index (χ0) is 47.4. The number of anilines is 6. The average molecular weight is 899 g/mol. The van der Waals surface area contributed by atoms with Crippen LogP contribution < -0.4 is 9.80 Å². The molecule has 2 aliphatic carbocycles. The van der Waals surface area contributed by atoms with E-state index in [9.17, 15) is 0 Å². The summed E-state index contributed by atoms with van der Waals surface area (Å²) in [5, 5.41) is 10.3. The Balaban J connectivity index is 0.972. The summed E-state index contributed by atoms with van der Waals surface area (Å²) in [6.07, 6.45) is 0. The molecule has 0 aromatic heterocycles. The van der Waals surface area contributed by atoms with Gasteiger partial charge in [0.2, 0.25) is 0 Å². The lowest BCUT2D eigenvalue weighted by atomic mass is 9.71. The van der Waals surface area contributed by atoms with Gasteiger partial charge in [-0.05, 0) is 135 Å². The van der Waals surface area contributed by atoms with Crippen molar-refractivity contribution in [2.24, 2.45) is 0 Å². The Morgan fingerprint density at radius 3 is 1.00 bits per heavy atom. The first-order valence-electron chi connectivity index (χ1n) is 25.3. The summed E-state index contributed by atoms with van der Waals surface area (Å²) < 4.78 is 0. The Morgan fingerprint density at radius 1 is 0.229 bits per heavy atom. The molecule has 4 aliphatic rings. The maximum Gasteiger partial charge on any atom is 0.0540 e. The lowest BCUT2D eigenvalue weighted by molar-refractivity contribution is 0.619. The number of nitrogens with zero attached hydrogens (tertiary/aromatic N) is 2. The van der Waals surface area contributed by atoms with Gasteiger partial charge in [0.15, 0.2) is 0 Å². The van der Waals surface area contributed by atoms with Crippen LogP contribution in [0.4, 0.5) is 34.1 Å². The Labute approximate surface area is 410 Å². The first-order valence-corrected chi connectivity index (χ1v) is 25.3. The maximum atomic E-state index is 2.59. The highest BCUT2D eigenvalue weighted by Crippen LogP contribution is 2.61. The summed E-state index contributed by atoms with van der Waals surface area (Å²) in [6, 6.07) is 70.2. The first-order chi connectivity index (χ1) is 33.8. The predicted octanol–water partition coefficient (Wildman–Crippen LogP) is 18.6. The van der Waals surface area contributed by atoms with Crippen LogP contribution in [0.1, 0.15) is 99.9 Å². The summed E-state index contributed by atoms with van der Waals surface area (Å²) in [4.78, 5) is 5.18. The lowest BCUT2D eigenvalue weighted by Gasteiger charge is -2.43. The molecular weight excluding hydrogens is 845 g/mol. The fourth-order valence-electron chi connectivity index (χ4n) is 14.4. The van der Waals surface area contributed by atoms with E-state index in [1.54, 1.807) is 0 Å². The van der Waals surface area contributed by atoms with Crippen molar-refractivity contribution < 1.29 is 0 Å². The van der Waals surface area contributed by atoms with E-state index in [-0.39, 0.29) is 21.7 Å². The van der Waals surface area contributed by atoms with Crippen LogP contribution in [0.5, 0.6) is 0 Å². The SMILES string of the molecule is CC1(C)c2ccccc2-c2cc3c(cc21)C(C)(C)c1ccccc1N3c1ccc2c3cccc4c(N5c6ccccc6C(C)(C)c6cc7c(cc65)-c5ccccc5C7(C)C)ccc(c5cccc1c52)c43. The lowest BCUT2D eigenvalue weighted by Crippen LogP contribution is -2.31. The minimum absolute atomic E-state index is 0.0891. The van der Waals surface area contributed by atoms with Gasteiger partial charge in [0.1, 0.15) is 0 Å². The second-order valence-corrected chi connectivity index (χ2v) is 22.8. The quantitative estimate of drug-likeness (QED) is 0.126. The molecule has 11 aromatic carbocycles. The minimum Gasteiger partial charge on any atom is -0.309 e. The third kappa shape index (κ3) is 4.80. The molecule has 11 aromatic rings. The Bertz CT molecular complexity index is 3850. The van der Waals surface area contributed by atoms with Crippen LogP contribution in [0.2, 0.25) is 0 Å². The zero-order valence-corrected chi connectivity index (χ0v) is 41.2. The molecule has 70 heavy (non-hydrogen) atoms. The number of hydrogen-bond acceptors (Lipinski definition) is 2. The minimum atomic E-state index is -0.201. The fraction of sp³-hybridized carbons (Fsp3) is 0.176. The van der Waals surface area contributed by atoms with Gasteiger partial charge in [-0.3, -0.25) is 0 Å². The standard InChI is InChI=1S/C68H54N2/c1-65(2)49-25-11-9-19-39(49)47-35-61-55(37-53(47)65)67(5,6)51-27-13-15-29-59(51)69(61)57-33-31-43-42-22-18-24-46-58(34-32-44(64(42)46)41-21-17-23-45(57)63(41)43)70-60-30-16-14-28-52(60)68(7,8)56-38-54-48(36-62(56)70)40-20-10-12-26-50(40)66(54,3)4/h9-38H,1-8H3. The molecule has 0 saturated carbocycles. The molecule has 0 N–H and O–H groups in total. The summed E-state index contributed by atoms with van der Waals surface area (Å²) in [7, 11) is 0. The molecule has 2 nitrogen and oxygen atoms in total. The Kier molecular flexibility index (Phi) is 7.55. The van der Waals surface area contributed by atoms with Gasteiger partial charge in [0.25, 0.3) is 0 Å². The van der Waals surface area contributed by atoms with Crippen molar-refractivity contribution >= 4 is 77.2 Å². The smallest absolute Gasteiger partial charge is 0.0540 e. The second-order valence-electron chi connectivity index (χ2n) is 22.8. The topological polar surface area (TPSA) is 6.48 Å². The van der Waals surface area contributed by atoms with Gasteiger partial charge >= 0.3 is 0 Å². The molecule has 0 unspecified atom stereocenters. The third-order valence-electron chi connectivity index (χ3n) is 18.0. The number of fused-ring (bicyclic) bond motifs is 12. The Morgan fingerprint density at radius 2 is 0.571 bits per heavy atom. The number of benzene rings is 11. The number of rotatable bonds is 2. The highest BCUT2D eigenvalue weighted by molar-refractivity contribution is 6.35. The molecule has 0 fully saturated rings. The van der Waals surface area contributed by atoms with Crippen molar-refractivity contribution in [3.63, 3.8) is 0 Å². The molecule has 0 bridgehead atoms. The van der Waals surface area contributed by atoms with Gasteiger partial charge in [-0.25, -0.2) is 0 Å². The van der Waals surface area contributed by atoms with Crippen molar-refractivity contribution in [2.75, 3.05) is 9.80 Å². The second kappa shape index (κ2) is 13.1. The number of hydrogen-bond donors (Lipinski definition) is 0. The van der Waals surface area contributed by atoms with Crippen molar-refractivity contribution in [1.29, 1.82) is 0 Å². The molecular formula is C68H54N2. The molecule has 2 heteroatoms.